The maximum Gasteiger partial charge on any atom is 0.339 e. The molecule has 0 atom stereocenters. The molecule has 7 heteroatoms. The van der Waals surface area contributed by atoms with Gasteiger partial charge in [-0.15, -0.1) is 0 Å². The molecule has 94 valence electrons. The molecule has 0 aliphatic rings. The van der Waals surface area contributed by atoms with E-state index in [-0.39, 0.29) is 16.9 Å². The summed E-state index contributed by atoms with van der Waals surface area (Å²) in [5, 5.41) is 12.6. The van der Waals surface area contributed by atoms with Crippen molar-refractivity contribution < 1.29 is 23.1 Å². The lowest BCUT2D eigenvalue weighted by Crippen LogP contribution is -2.01. The van der Waals surface area contributed by atoms with E-state index in [0.29, 0.717) is 12.1 Å². The topological polar surface area (TPSA) is 55.1 Å². The quantitative estimate of drug-likeness (QED) is 0.839. The summed E-state index contributed by atoms with van der Waals surface area (Å²) in [6.07, 6.45) is 1.04. The van der Waals surface area contributed by atoms with Crippen molar-refractivity contribution in [2.24, 2.45) is 0 Å². The van der Waals surface area contributed by atoms with Crippen molar-refractivity contribution in [3.63, 3.8) is 0 Å². The molecule has 0 unspecified atom stereocenters. The summed E-state index contributed by atoms with van der Waals surface area (Å²) in [7, 11) is 0. The zero-order valence-electron chi connectivity index (χ0n) is 9.12. The van der Waals surface area contributed by atoms with Crippen LogP contribution in [0.3, 0.4) is 0 Å². The number of carbonyl (C=O) groups is 1. The third-order valence-corrected chi connectivity index (χ3v) is 2.37. The van der Waals surface area contributed by atoms with Crippen LogP contribution in [0.15, 0.2) is 18.3 Å². The molecule has 0 bridgehead atoms. The van der Waals surface area contributed by atoms with Crippen LogP contribution in [0.5, 0.6) is 0 Å². The first kappa shape index (κ1) is 12.2. The summed E-state index contributed by atoms with van der Waals surface area (Å²) < 4.78 is 40.1. The number of carboxylic acids is 1. The monoisotopic (exact) mass is 256 g/mol. The Morgan fingerprint density at radius 2 is 1.83 bits per heavy atom. The molecule has 0 amide bonds. The molecule has 1 aromatic carbocycles. The zero-order valence-corrected chi connectivity index (χ0v) is 9.12. The van der Waals surface area contributed by atoms with E-state index in [1.165, 1.54) is 6.92 Å². The average Bonchev–Trinajstić information content (AvgIpc) is 2.65. The van der Waals surface area contributed by atoms with E-state index in [9.17, 15) is 18.0 Å². The highest BCUT2D eigenvalue weighted by Gasteiger charge is 2.16. The van der Waals surface area contributed by atoms with Crippen molar-refractivity contribution in [1.82, 2.24) is 9.78 Å². The molecule has 1 N–H and O–H groups in total. The molecule has 0 aliphatic heterocycles. The highest BCUT2D eigenvalue weighted by atomic mass is 19.2. The SMILES string of the molecule is Cc1nn(-c2cc(F)c(F)cc2F)cc1C(=O)O. The van der Waals surface area contributed by atoms with E-state index in [4.69, 9.17) is 5.11 Å². The van der Waals surface area contributed by atoms with Crippen molar-refractivity contribution in [2.45, 2.75) is 6.92 Å². The lowest BCUT2D eigenvalue weighted by Gasteiger charge is -2.03. The Hall–Kier alpha value is -2.31. The van der Waals surface area contributed by atoms with Crippen LogP contribution in [0, 0.1) is 24.4 Å². The lowest BCUT2D eigenvalue weighted by atomic mass is 10.2. The molecule has 0 saturated heterocycles. The highest BCUT2D eigenvalue weighted by molar-refractivity contribution is 5.88. The number of aromatic nitrogens is 2. The van der Waals surface area contributed by atoms with Crippen molar-refractivity contribution in [3.8, 4) is 5.69 Å². The number of rotatable bonds is 2. The third-order valence-electron chi connectivity index (χ3n) is 2.37. The van der Waals surface area contributed by atoms with Gasteiger partial charge in [-0.1, -0.05) is 0 Å². The van der Waals surface area contributed by atoms with E-state index in [1.54, 1.807) is 0 Å². The molecule has 0 spiro atoms. The Morgan fingerprint density at radius 3 is 2.39 bits per heavy atom. The Bertz CT molecular complexity index is 637. The van der Waals surface area contributed by atoms with Crippen molar-refractivity contribution in [1.29, 1.82) is 0 Å². The largest absolute Gasteiger partial charge is 0.478 e. The zero-order chi connectivity index (χ0) is 13.4. The Kier molecular flexibility index (Phi) is 2.82. The third kappa shape index (κ3) is 1.94. The number of aryl methyl sites for hydroxylation is 1. The van der Waals surface area contributed by atoms with Gasteiger partial charge in [0.15, 0.2) is 17.5 Å². The number of hydrogen-bond acceptors (Lipinski definition) is 2. The number of nitrogens with zero attached hydrogens (tertiary/aromatic N) is 2. The molecule has 1 heterocycles. The number of hydrogen-bond donors (Lipinski definition) is 1. The second-order valence-electron chi connectivity index (χ2n) is 3.60. The van der Waals surface area contributed by atoms with Crippen LogP contribution in [0.25, 0.3) is 5.69 Å². The minimum atomic E-state index is -1.32. The van der Waals surface area contributed by atoms with Crippen LogP contribution in [0.1, 0.15) is 16.1 Å². The first-order valence-electron chi connectivity index (χ1n) is 4.84. The molecule has 2 rings (SSSR count). The molecular formula is C11H7F3N2O2. The van der Waals surface area contributed by atoms with Crippen LogP contribution in [0.2, 0.25) is 0 Å². The number of benzene rings is 1. The van der Waals surface area contributed by atoms with Crippen LogP contribution < -0.4 is 0 Å². The Morgan fingerprint density at radius 1 is 1.22 bits per heavy atom. The van der Waals surface area contributed by atoms with Gasteiger partial charge in [0.1, 0.15) is 11.3 Å². The van der Waals surface area contributed by atoms with Gasteiger partial charge in [-0.05, 0) is 6.92 Å². The van der Waals surface area contributed by atoms with E-state index in [0.717, 1.165) is 10.9 Å². The van der Waals surface area contributed by atoms with Gasteiger partial charge in [0.2, 0.25) is 0 Å². The highest BCUT2D eigenvalue weighted by Crippen LogP contribution is 2.18. The van der Waals surface area contributed by atoms with Gasteiger partial charge in [-0.2, -0.15) is 5.10 Å². The molecule has 4 nitrogen and oxygen atoms in total. The second kappa shape index (κ2) is 4.17. The normalized spacial score (nSPS) is 10.7. The lowest BCUT2D eigenvalue weighted by molar-refractivity contribution is 0.0696. The molecule has 2 aromatic rings. The van der Waals surface area contributed by atoms with Gasteiger partial charge >= 0.3 is 5.97 Å². The maximum absolute atomic E-state index is 13.4. The molecule has 0 saturated carbocycles. The second-order valence-corrected chi connectivity index (χ2v) is 3.60. The summed E-state index contributed by atoms with van der Waals surface area (Å²) in [6.45, 7) is 1.41. The fraction of sp³-hybridized carbons (Fsp3) is 0.0909. The smallest absolute Gasteiger partial charge is 0.339 e. The van der Waals surface area contributed by atoms with Crippen LogP contribution in [-0.2, 0) is 0 Å². The van der Waals surface area contributed by atoms with E-state index in [2.05, 4.69) is 5.10 Å². The van der Waals surface area contributed by atoms with E-state index < -0.39 is 23.4 Å². The van der Waals surface area contributed by atoms with Gasteiger partial charge < -0.3 is 5.11 Å². The Balaban J connectivity index is 2.59. The average molecular weight is 256 g/mol. The van der Waals surface area contributed by atoms with Gasteiger partial charge in [-0.25, -0.2) is 22.6 Å². The van der Waals surface area contributed by atoms with Crippen LogP contribution in [0.4, 0.5) is 13.2 Å². The van der Waals surface area contributed by atoms with Crippen LogP contribution >= 0.6 is 0 Å². The molecular weight excluding hydrogens is 249 g/mol. The predicted octanol–water partition coefficient (Wildman–Crippen LogP) is 2.30. The van der Waals surface area contributed by atoms with Gasteiger partial charge in [0, 0.05) is 18.3 Å². The molecule has 1 aromatic heterocycles. The van der Waals surface area contributed by atoms with Gasteiger partial charge in [-0.3, -0.25) is 0 Å². The van der Waals surface area contributed by atoms with Crippen molar-refractivity contribution >= 4 is 5.97 Å². The maximum atomic E-state index is 13.4. The number of halogens is 3. The predicted molar refractivity (Wildman–Crippen MR) is 55.1 cm³/mol. The number of carboxylic acid groups (broad SMARTS) is 1. The summed E-state index contributed by atoms with van der Waals surface area (Å²) in [6, 6.07) is 0.991. The standard InChI is InChI=1S/C11H7F3N2O2/c1-5-6(11(17)18)4-16(15-5)10-3-8(13)7(12)2-9(10)14/h2-4H,1H3,(H,17,18). The molecule has 0 fully saturated rings. The van der Waals surface area contributed by atoms with E-state index >= 15 is 0 Å². The first-order chi connectivity index (χ1) is 8.40. The summed E-state index contributed by atoms with van der Waals surface area (Å²) >= 11 is 0. The summed E-state index contributed by atoms with van der Waals surface area (Å²) in [4.78, 5) is 10.8. The fourth-order valence-electron chi connectivity index (χ4n) is 1.48. The number of aromatic carboxylic acids is 1. The van der Waals surface area contributed by atoms with E-state index in [1.807, 2.05) is 0 Å². The molecule has 0 radical (unpaired) electrons. The first-order valence-corrected chi connectivity index (χ1v) is 4.84. The fourth-order valence-corrected chi connectivity index (χ4v) is 1.48. The molecule has 0 aliphatic carbocycles. The minimum Gasteiger partial charge on any atom is -0.478 e. The summed E-state index contributed by atoms with van der Waals surface area (Å²) in [5.74, 6) is -4.83. The van der Waals surface area contributed by atoms with Crippen molar-refractivity contribution in [3.05, 3.63) is 47.0 Å². The molecule has 18 heavy (non-hydrogen) atoms. The van der Waals surface area contributed by atoms with Gasteiger partial charge in [0.05, 0.1) is 5.69 Å². The van der Waals surface area contributed by atoms with Gasteiger partial charge in [0.25, 0.3) is 0 Å². The van der Waals surface area contributed by atoms with Crippen LogP contribution in [-0.4, -0.2) is 20.9 Å². The van der Waals surface area contributed by atoms with Crippen molar-refractivity contribution in [2.75, 3.05) is 0 Å². The minimum absolute atomic E-state index is 0.140. The summed E-state index contributed by atoms with van der Waals surface area (Å²) in [5.41, 5.74) is -0.352. The Labute approximate surface area is 99.3 Å².